The van der Waals surface area contributed by atoms with E-state index in [2.05, 4.69) is 39.9 Å². The molecule has 2 spiro atoms. The van der Waals surface area contributed by atoms with Gasteiger partial charge in [-0.05, 0) is 126 Å². The number of hydrogen-bond donors (Lipinski definition) is 3. The van der Waals surface area contributed by atoms with Gasteiger partial charge < -0.3 is 34.5 Å². The lowest BCUT2D eigenvalue weighted by atomic mass is 9.41. The minimum atomic E-state index is -1.29. The van der Waals surface area contributed by atoms with Gasteiger partial charge >= 0.3 is 18.0 Å². The number of esters is 2. The molecule has 6 rings (SSSR count). The van der Waals surface area contributed by atoms with E-state index in [9.17, 15) is 24.6 Å². The van der Waals surface area contributed by atoms with Crippen molar-refractivity contribution in [3.63, 3.8) is 0 Å². The van der Waals surface area contributed by atoms with Crippen LogP contribution in [0.5, 0.6) is 0 Å². The molecule has 3 N–H and O–H groups in total. The van der Waals surface area contributed by atoms with Gasteiger partial charge in [0.05, 0.1) is 23.9 Å². The number of carbonyl (C=O) groups is 3. The van der Waals surface area contributed by atoms with Crippen molar-refractivity contribution < 1.29 is 43.5 Å². The molecule has 1 saturated heterocycles. The molecule has 0 aromatic carbocycles. The zero-order chi connectivity index (χ0) is 36.3. The first-order valence-electron chi connectivity index (χ1n) is 18.8. The number of aliphatic hydroxyl groups excluding tert-OH is 1. The predicted molar refractivity (Wildman–Crippen MR) is 182 cm³/mol. The van der Waals surface area contributed by atoms with Gasteiger partial charge in [0, 0.05) is 17.8 Å². The average molecular weight is 690 g/mol. The van der Waals surface area contributed by atoms with E-state index in [1.807, 2.05) is 0 Å². The van der Waals surface area contributed by atoms with Crippen molar-refractivity contribution in [3.05, 3.63) is 0 Å². The second-order valence-electron chi connectivity index (χ2n) is 19.6. The van der Waals surface area contributed by atoms with Gasteiger partial charge in [0.1, 0.15) is 18.2 Å². The number of carbonyl (C=O) groups excluding carboxylic acids is 3. The molecular weight excluding hydrogens is 626 g/mol. The zero-order valence-electron chi connectivity index (χ0n) is 31.8. The van der Waals surface area contributed by atoms with Crippen LogP contribution in [-0.2, 0) is 28.5 Å². The number of ether oxygens (including phenoxy) is 4. The van der Waals surface area contributed by atoms with Gasteiger partial charge in [0.25, 0.3) is 0 Å². The molecule has 5 saturated carbocycles. The van der Waals surface area contributed by atoms with Gasteiger partial charge in [-0.25, -0.2) is 4.79 Å². The fourth-order valence-corrected chi connectivity index (χ4v) is 13.2. The quantitative estimate of drug-likeness (QED) is 0.228. The van der Waals surface area contributed by atoms with Crippen LogP contribution in [0.1, 0.15) is 128 Å². The molecule has 49 heavy (non-hydrogen) atoms. The predicted octanol–water partition coefficient (Wildman–Crippen LogP) is 5.94. The molecule has 0 aromatic heterocycles. The topological polar surface area (TPSA) is 141 Å². The Hall–Kier alpha value is -1.91. The summed E-state index contributed by atoms with van der Waals surface area (Å²) < 4.78 is 23.8. The Balaban J connectivity index is 1.20. The van der Waals surface area contributed by atoms with E-state index in [4.69, 9.17) is 18.9 Å². The van der Waals surface area contributed by atoms with Crippen molar-refractivity contribution >= 4 is 18.0 Å². The first kappa shape index (κ1) is 36.9. The number of alkyl carbamates (subject to hydrolysis) is 1. The van der Waals surface area contributed by atoms with E-state index in [0.717, 1.165) is 44.9 Å². The van der Waals surface area contributed by atoms with E-state index in [1.165, 1.54) is 6.92 Å². The van der Waals surface area contributed by atoms with E-state index in [1.54, 1.807) is 34.6 Å². The van der Waals surface area contributed by atoms with Gasteiger partial charge in [-0.3, -0.25) is 9.59 Å². The summed E-state index contributed by atoms with van der Waals surface area (Å²) in [6, 6.07) is 0. The highest BCUT2D eigenvalue weighted by Gasteiger charge is 2.84. The summed E-state index contributed by atoms with van der Waals surface area (Å²) in [7, 11) is 0. The van der Waals surface area contributed by atoms with Crippen molar-refractivity contribution in [2.24, 2.45) is 50.7 Å². The van der Waals surface area contributed by atoms with Crippen LogP contribution >= 0.6 is 0 Å². The van der Waals surface area contributed by atoms with Gasteiger partial charge in [0.15, 0.2) is 6.10 Å². The van der Waals surface area contributed by atoms with Gasteiger partial charge in [-0.1, -0.05) is 34.6 Å². The van der Waals surface area contributed by atoms with Gasteiger partial charge in [-0.2, -0.15) is 0 Å². The lowest BCUT2D eigenvalue weighted by Crippen LogP contribution is -2.60. The molecule has 0 aromatic rings. The number of hydrogen-bond acceptors (Lipinski definition) is 9. The molecule has 6 fully saturated rings. The highest BCUT2D eigenvalue weighted by atomic mass is 16.6. The average Bonchev–Trinajstić information content (AvgIpc) is 3.59. The Morgan fingerprint density at radius 3 is 2.20 bits per heavy atom. The smallest absolute Gasteiger partial charge is 0.408 e. The maximum absolute atomic E-state index is 12.9. The first-order valence-corrected chi connectivity index (χ1v) is 18.8. The number of aliphatic hydroxyl groups is 2. The Kier molecular flexibility index (Phi) is 8.69. The molecule has 5 aliphatic carbocycles. The molecule has 6 aliphatic rings. The monoisotopic (exact) mass is 689 g/mol. The fourth-order valence-electron chi connectivity index (χ4n) is 13.2. The summed E-state index contributed by atoms with van der Waals surface area (Å²) in [5.74, 6) is 0.229. The lowest BCUT2D eigenvalue weighted by Gasteiger charge is -2.63. The standard InChI is InChI=1S/C39H63NO9/c1-21-18-23(31(35(8,9)45)46-22(2)41)47-29-28(21)36(10)16-17-39-20-38(39)15-14-26(48-27(42)19-40-32(44)49-33(3,4)5)34(6,7)24(38)12-13-25(39)37(36,11)30(29)43/h21,23-26,28-31,43,45H,12-20H2,1-11H3,(H,40,44). The molecule has 13 atom stereocenters. The summed E-state index contributed by atoms with van der Waals surface area (Å²) in [5.41, 5.74) is -2.35. The minimum absolute atomic E-state index is 0.122. The molecule has 1 amide bonds. The SMILES string of the molecule is CC(=O)OC(C1CC(C)C2C(O1)C(O)C1(C)C3CCC4C(C)(C)C(OC(=O)CNC(=O)OC(C)(C)C)CCC45CC35CCC21C)C(C)(C)O. The van der Waals surface area contributed by atoms with Crippen LogP contribution < -0.4 is 5.32 Å². The van der Waals surface area contributed by atoms with Crippen LogP contribution in [0.15, 0.2) is 0 Å². The van der Waals surface area contributed by atoms with Crippen LogP contribution in [0.25, 0.3) is 0 Å². The number of fused-ring (bicyclic) bond motifs is 4. The molecule has 0 radical (unpaired) electrons. The zero-order valence-corrected chi connectivity index (χ0v) is 31.8. The van der Waals surface area contributed by atoms with Crippen LogP contribution in [0.3, 0.4) is 0 Å². The van der Waals surface area contributed by atoms with Gasteiger partial charge in [-0.15, -0.1) is 0 Å². The summed E-state index contributed by atoms with van der Waals surface area (Å²) in [4.78, 5) is 37.1. The Morgan fingerprint density at radius 2 is 1.59 bits per heavy atom. The van der Waals surface area contributed by atoms with Crippen molar-refractivity contribution in [3.8, 4) is 0 Å². The van der Waals surface area contributed by atoms with E-state index in [0.29, 0.717) is 18.3 Å². The van der Waals surface area contributed by atoms with Crippen molar-refractivity contribution in [1.29, 1.82) is 0 Å². The van der Waals surface area contributed by atoms with E-state index < -0.39 is 53.6 Å². The molecule has 1 aliphatic heterocycles. The molecule has 10 nitrogen and oxygen atoms in total. The molecule has 278 valence electrons. The third kappa shape index (κ3) is 5.46. The third-order valence-corrected chi connectivity index (χ3v) is 15.1. The van der Waals surface area contributed by atoms with Crippen LogP contribution in [0.4, 0.5) is 4.79 Å². The van der Waals surface area contributed by atoms with Crippen molar-refractivity contribution in [2.45, 2.75) is 169 Å². The van der Waals surface area contributed by atoms with Crippen LogP contribution in [-0.4, -0.2) is 76.5 Å². The first-order chi connectivity index (χ1) is 22.4. The fraction of sp³-hybridized carbons (Fsp3) is 0.923. The summed E-state index contributed by atoms with van der Waals surface area (Å²) in [6.07, 6.45) is 4.52. The highest BCUT2D eigenvalue weighted by Crippen LogP contribution is 2.89. The molecule has 1 heterocycles. The second kappa shape index (κ2) is 11.5. The molecule has 10 heteroatoms. The highest BCUT2D eigenvalue weighted by molar-refractivity contribution is 5.78. The number of rotatable bonds is 6. The maximum atomic E-state index is 12.9. The van der Waals surface area contributed by atoms with Crippen molar-refractivity contribution in [2.75, 3.05) is 6.54 Å². The largest absolute Gasteiger partial charge is 0.460 e. The lowest BCUT2D eigenvalue weighted by molar-refractivity contribution is -0.216. The van der Waals surface area contributed by atoms with E-state index >= 15 is 0 Å². The van der Waals surface area contributed by atoms with Crippen LogP contribution in [0, 0.1) is 50.7 Å². The normalized spacial score (nSPS) is 45.7. The molecule has 0 bridgehead atoms. The summed E-state index contributed by atoms with van der Waals surface area (Å²) in [6.45, 7) is 21.3. The Bertz CT molecular complexity index is 1350. The third-order valence-electron chi connectivity index (χ3n) is 15.1. The Labute approximate surface area is 293 Å². The van der Waals surface area contributed by atoms with Gasteiger partial charge in [0.2, 0.25) is 0 Å². The molecular formula is C39H63NO9. The number of amides is 1. The maximum Gasteiger partial charge on any atom is 0.408 e. The summed E-state index contributed by atoms with van der Waals surface area (Å²) >= 11 is 0. The minimum Gasteiger partial charge on any atom is -0.460 e. The van der Waals surface area contributed by atoms with Crippen LogP contribution in [0.2, 0.25) is 0 Å². The number of nitrogens with one attached hydrogen (secondary N) is 1. The second-order valence-corrected chi connectivity index (χ2v) is 19.6. The van der Waals surface area contributed by atoms with Crippen molar-refractivity contribution in [1.82, 2.24) is 5.32 Å². The Morgan fingerprint density at radius 1 is 0.959 bits per heavy atom. The molecule has 13 unspecified atom stereocenters. The van der Waals surface area contributed by atoms with E-state index in [-0.39, 0.29) is 51.6 Å². The summed E-state index contributed by atoms with van der Waals surface area (Å²) in [5, 5.41) is 26.1.